The second kappa shape index (κ2) is 5.48. The Hall–Kier alpha value is -1.75. The lowest BCUT2D eigenvalue weighted by molar-refractivity contribution is -0.136. The molecule has 1 aromatic rings. The Labute approximate surface area is 116 Å². The van der Waals surface area contributed by atoms with Crippen LogP contribution in [0.4, 0.5) is 5.69 Å². The fourth-order valence-electron chi connectivity index (χ4n) is 2.01. The fourth-order valence-corrected chi connectivity index (χ4v) is 2.28. The van der Waals surface area contributed by atoms with Crippen LogP contribution in [0.3, 0.4) is 0 Å². The molecule has 0 radical (unpaired) electrons. The second-order valence-electron chi connectivity index (χ2n) is 4.60. The number of carbonyl (C=O) groups excluding carboxylic acids is 1. The summed E-state index contributed by atoms with van der Waals surface area (Å²) in [4.78, 5) is 23.8. The number of aliphatic carboxylic acids is 1. The van der Waals surface area contributed by atoms with Crippen LogP contribution < -0.4 is 10.6 Å². The van der Waals surface area contributed by atoms with Gasteiger partial charge in [0.1, 0.15) is 0 Å². The van der Waals surface area contributed by atoms with Crippen molar-refractivity contribution in [2.75, 3.05) is 11.4 Å². The first-order chi connectivity index (χ1) is 8.99. The second-order valence-corrected chi connectivity index (χ2v) is 5.00. The van der Waals surface area contributed by atoms with E-state index in [9.17, 15) is 9.59 Å². The van der Waals surface area contributed by atoms with Gasteiger partial charge >= 0.3 is 5.97 Å². The molecule has 102 valence electrons. The zero-order chi connectivity index (χ0) is 14.0. The zero-order valence-electron chi connectivity index (χ0n) is 10.3. The maximum absolute atomic E-state index is 11.1. The highest BCUT2D eigenvalue weighted by atomic mass is 35.5. The molecule has 1 aliphatic rings. The Balaban J connectivity index is 2.19. The van der Waals surface area contributed by atoms with Crippen molar-refractivity contribution in [2.45, 2.75) is 25.3 Å². The Morgan fingerprint density at radius 3 is 2.58 bits per heavy atom. The normalized spacial score (nSPS) is 14.2. The van der Waals surface area contributed by atoms with E-state index in [1.165, 1.54) is 0 Å². The molecule has 0 heterocycles. The predicted octanol–water partition coefficient (Wildman–Crippen LogP) is 1.88. The van der Waals surface area contributed by atoms with Gasteiger partial charge in [0.25, 0.3) is 0 Å². The van der Waals surface area contributed by atoms with Crippen LogP contribution in [0.5, 0.6) is 0 Å². The minimum atomic E-state index is -0.828. The highest BCUT2D eigenvalue weighted by Crippen LogP contribution is 2.33. The molecule has 6 heteroatoms. The van der Waals surface area contributed by atoms with E-state index in [1.807, 2.05) is 4.90 Å². The van der Waals surface area contributed by atoms with Gasteiger partial charge < -0.3 is 15.7 Å². The van der Waals surface area contributed by atoms with E-state index >= 15 is 0 Å². The monoisotopic (exact) mass is 282 g/mol. The number of nitrogens with two attached hydrogens (primary N) is 1. The highest BCUT2D eigenvalue weighted by Gasteiger charge is 2.29. The van der Waals surface area contributed by atoms with Gasteiger partial charge in [0.2, 0.25) is 5.91 Å². The third-order valence-corrected chi connectivity index (χ3v) is 3.42. The van der Waals surface area contributed by atoms with Crippen molar-refractivity contribution < 1.29 is 14.7 Å². The van der Waals surface area contributed by atoms with E-state index in [0.29, 0.717) is 17.6 Å². The molecule has 5 nitrogen and oxygen atoms in total. The van der Waals surface area contributed by atoms with E-state index in [4.69, 9.17) is 22.4 Å². The van der Waals surface area contributed by atoms with Crippen LogP contribution in [-0.2, 0) is 4.79 Å². The van der Waals surface area contributed by atoms with Crippen molar-refractivity contribution in [1.29, 1.82) is 0 Å². The quantitative estimate of drug-likeness (QED) is 0.834. The van der Waals surface area contributed by atoms with E-state index < -0.39 is 11.9 Å². The van der Waals surface area contributed by atoms with E-state index in [-0.39, 0.29) is 12.0 Å². The van der Waals surface area contributed by atoms with Crippen molar-refractivity contribution in [3.63, 3.8) is 0 Å². The van der Waals surface area contributed by atoms with Crippen LogP contribution in [-0.4, -0.2) is 29.6 Å². The number of benzene rings is 1. The predicted molar refractivity (Wildman–Crippen MR) is 72.6 cm³/mol. The number of nitrogens with zero attached hydrogens (tertiary/aromatic N) is 1. The molecular weight excluding hydrogens is 268 g/mol. The minimum absolute atomic E-state index is 0.0751. The van der Waals surface area contributed by atoms with Crippen LogP contribution in [0.2, 0.25) is 5.02 Å². The molecule has 0 atom stereocenters. The lowest BCUT2D eigenvalue weighted by Gasteiger charge is -2.24. The molecule has 0 unspecified atom stereocenters. The molecule has 1 aromatic carbocycles. The molecule has 0 aliphatic heterocycles. The average Bonchev–Trinajstić information content (AvgIpc) is 3.13. The Kier molecular flexibility index (Phi) is 3.95. The molecule has 0 aromatic heterocycles. The number of amides is 1. The van der Waals surface area contributed by atoms with Crippen LogP contribution in [0.1, 0.15) is 29.6 Å². The molecule has 19 heavy (non-hydrogen) atoms. The van der Waals surface area contributed by atoms with E-state index in [1.54, 1.807) is 18.2 Å². The third-order valence-electron chi connectivity index (χ3n) is 3.10. The SMILES string of the molecule is NC(=O)c1ccc(N(CCC(=O)O)C2CC2)cc1Cl. The van der Waals surface area contributed by atoms with Crippen LogP contribution in [0.25, 0.3) is 0 Å². The smallest absolute Gasteiger partial charge is 0.305 e. The van der Waals surface area contributed by atoms with Crippen molar-refractivity contribution in [3.05, 3.63) is 28.8 Å². The number of anilines is 1. The van der Waals surface area contributed by atoms with E-state index in [2.05, 4.69) is 0 Å². The molecule has 1 amide bonds. The van der Waals surface area contributed by atoms with Crippen LogP contribution in [0.15, 0.2) is 18.2 Å². The summed E-state index contributed by atoms with van der Waals surface area (Å²) in [6.45, 7) is 0.437. The Morgan fingerprint density at radius 1 is 1.42 bits per heavy atom. The van der Waals surface area contributed by atoms with Gasteiger partial charge in [-0.3, -0.25) is 9.59 Å². The van der Waals surface area contributed by atoms with Crippen molar-refractivity contribution >= 4 is 29.2 Å². The maximum atomic E-state index is 11.1. The Morgan fingerprint density at radius 2 is 2.11 bits per heavy atom. The molecule has 0 bridgehead atoms. The average molecular weight is 283 g/mol. The summed E-state index contributed by atoms with van der Waals surface area (Å²) < 4.78 is 0. The van der Waals surface area contributed by atoms with Gasteiger partial charge in [0.15, 0.2) is 0 Å². The van der Waals surface area contributed by atoms with Gasteiger partial charge in [-0.15, -0.1) is 0 Å². The number of halogens is 1. The molecule has 0 saturated heterocycles. The summed E-state index contributed by atoms with van der Waals surface area (Å²) in [6.07, 6.45) is 2.18. The van der Waals surface area contributed by atoms with Crippen LogP contribution in [0, 0.1) is 0 Å². The number of primary amides is 1. The zero-order valence-corrected chi connectivity index (χ0v) is 11.1. The molecule has 3 N–H and O–H groups in total. The van der Waals surface area contributed by atoms with Gasteiger partial charge in [-0.05, 0) is 31.0 Å². The molecule has 0 spiro atoms. The number of rotatable bonds is 6. The topological polar surface area (TPSA) is 83.6 Å². The standard InChI is InChI=1S/C13H15ClN2O3/c14-11-7-9(3-4-10(11)13(15)19)16(8-1-2-8)6-5-12(17)18/h3-4,7-8H,1-2,5-6H2,(H2,15,19)(H,17,18). The number of carboxylic acids is 1. The van der Waals surface area contributed by atoms with Crippen molar-refractivity contribution in [2.24, 2.45) is 5.73 Å². The molecule has 1 fully saturated rings. The van der Waals surface area contributed by atoms with Gasteiger partial charge in [-0.2, -0.15) is 0 Å². The highest BCUT2D eigenvalue weighted by molar-refractivity contribution is 6.34. The minimum Gasteiger partial charge on any atom is -0.481 e. The van der Waals surface area contributed by atoms with Gasteiger partial charge in [0.05, 0.1) is 17.0 Å². The van der Waals surface area contributed by atoms with Gasteiger partial charge in [0, 0.05) is 18.3 Å². The summed E-state index contributed by atoms with van der Waals surface area (Å²) in [5.74, 6) is -1.40. The summed E-state index contributed by atoms with van der Waals surface area (Å²) in [5.41, 5.74) is 6.31. The number of hydrogen-bond donors (Lipinski definition) is 2. The Bertz CT molecular complexity index is 515. The first-order valence-electron chi connectivity index (χ1n) is 6.07. The fraction of sp³-hybridized carbons (Fsp3) is 0.385. The van der Waals surface area contributed by atoms with E-state index in [0.717, 1.165) is 18.5 Å². The number of carbonyl (C=O) groups is 2. The molecule has 1 saturated carbocycles. The van der Waals surface area contributed by atoms with Crippen molar-refractivity contribution in [1.82, 2.24) is 0 Å². The number of hydrogen-bond acceptors (Lipinski definition) is 3. The van der Waals surface area contributed by atoms with Gasteiger partial charge in [-0.25, -0.2) is 0 Å². The first-order valence-corrected chi connectivity index (χ1v) is 6.44. The maximum Gasteiger partial charge on any atom is 0.305 e. The molecule has 1 aliphatic carbocycles. The largest absolute Gasteiger partial charge is 0.481 e. The third kappa shape index (κ3) is 3.38. The summed E-state index contributed by atoms with van der Waals surface area (Å²) in [6, 6.07) is 5.37. The molecule has 2 rings (SSSR count). The summed E-state index contributed by atoms with van der Waals surface area (Å²) >= 11 is 6.01. The lowest BCUT2D eigenvalue weighted by atomic mass is 10.1. The molecular formula is C13H15ClN2O3. The van der Waals surface area contributed by atoms with Crippen LogP contribution >= 0.6 is 11.6 Å². The lowest BCUT2D eigenvalue weighted by Crippen LogP contribution is -2.28. The first kappa shape index (κ1) is 13.7. The summed E-state index contributed by atoms with van der Waals surface area (Å²) in [7, 11) is 0. The number of carboxylic acid groups (broad SMARTS) is 1. The van der Waals surface area contributed by atoms with Crippen molar-refractivity contribution in [3.8, 4) is 0 Å². The summed E-state index contributed by atoms with van der Waals surface area (Å²) in [5, 5.41) is 9.07. The van der Waals surface area contributed by atoms with Gasteiger partial charge in [-0.1, -0.05) is 11.6 Å².